The van der Waals surface area contributed by atoms with E-state index < -0.39 is 21.8 Å². The summed E-state index contributed by atoms with van der Waals surface area (Å²) in [5, 5.41) is 0. The van der Waals surface area contributed by atoms with Gasteiger partial charge in [-0.05, 0) is 67.1 Å². The highest BCUT2D eigenvalue weighted by Gasteiger charge is 2.24. The fourth-order valence-electron chi connectivity index (χ4n) is 3.64. The van der Waals surface area contributed by atoms with Crippen molar-refractivity contribution in [3.05, 3.63) is 53.1 Å². The van der Waals surface area contributed by atoms with Crippen LogP contribution in [0.4, 0.5) is 5.69 Å². The molecule has 0 atom stereocenters. The third-order valence-corrected chi connectivity index (χ3v) is 6.67. The van der Waals surface area contributed by atoms with Gasteiger partial charge in [0.05, 0.1) is 25.7 Å². The zero-order valence-electron chi connectivity index (χ0n) is 19.9. The number of nitrogens with one attached hydrogen (secondary N) is 2. The number of sulfonamides is 1. The summed E-state index contributed by atoms with van der Waals surface area (Å²) in [7, 11) is -1.89. The molecule has 1 heterocycles. The predicted octanol–water partition coefficient (Wildman–Crippen LogP) is 2.91. The smallest absolute Gasteiger partial charge is 0.269 e. The maximum Gasteiger partial charge on any atom is 0.269 e. The molecule has 0 spiro atoms. The van der Waals surface area contributed by atoms with E-state index in [2.05, 4.69) is 24.7 Å². The van der Waals surface area contributed by atoms with Crippen LogP contribution in [0, 0.1) is 5.92 Å². The molecule has 0 saturated heterocycles. The first-order valence-electron chi connectivity index (χ1n) is 11.1. The molecule has 2 N–H and O–H groups in total. The van der Waals surface area contributed by atoms with Gasteiger partial charge in [0, 0.05) is 17.7 Å². The van der Waals surface area contributed by atoms with Gasteiger partial charge in [0.2, 0.25) is 10.0 Å². The Bertz CT molecular complexity index is 1160. The maximum absolute atomic E-state index is 12.6. The number of ether oxygens (including phenoxy) is 2. The second-order valence-electron chi connectivity index (χ2n) is 8.59. The standard InChI is InChI=1S/C24H31N3O6S/c1-16(2)11-13-33-21-10-8-19(15-22(21)32-3)24(29)26-25-23(28)18-7-9-20-17(14-18)6-5-12-27(20)34(4,30)31/h7-10,14-16H,5-6,11-13H2,1-4H3,(H,25,28)(H,26,29). The van der Waals surface area contributed by atoms with E-state index in [1.807, 2.05) is 0 Å². The van der Waals surface area contributed by atoms with E-state index in [0.29, 0.717) is 60.2 Å². The van der Waals surface area contributed by atoms with Crippen LogP contribution in [-0.2, 0) is 16.4 Å². The van der Waals surface area contributed by atoms with Crippen LogP contribution in [0.1, 0.15) is 53.0 Å². The van der Waals surface area contributed by atoms with Crippen LogP contribution < -0.4 is 24.6 Å². The lowest BCUT2D eigenvalue weighted by Gasteiger charge is -2.29. The highest BCUT2D eigenvalue weighted by atomic mass is 32.2. The number of fused-ring (bicyclic) bond motifs is 1. The first-order chi connectivity index (χ1) is 16.1. The molecule has 0 saturated carbocycles. The number of nitrogens with zero attached hydrogens (tertiary/aromatic N) is 1. The number of carbonyl (C=O) groups is 2. The summed E-state index contributed by atoms with van der Waals surface area (Å²) in [5.41, 5.74) is 6.77. The molecular formula is C24H31N3O6S. The monoisotopic (exact) mass is 489 g/mol. The third-order valence-electron chi connectivity index (χ3n) is 5.49. The number of rotatable bonds is 8. The molecule has 3 rings (SSSR count). The van der Waals surface area contributed by atoms with Gasteiger partial charge in [-0.2, -0.15) is 0 Å². The first kappa shape index (κ1) is 25.4. The molecule has 2 aromatic rings. The van der Waals surface area contributed by atoms with Crippen LogP contribution in [0.15, 0.2) is 36.4 Å². The van der Waals surface area contributed by atoms with E-state index >= 15 is 0 Å². The van der Waals surface area contributed by atoms with Crippen LogP contribution >= 0.6 is 0 Å². The van der Waals surface area contributed by atoms with Crippen molar-refractivity contribution in [2.24, 2.45) is 5.92 Å². The normalized spacial score (nSPS) is 13.3. The predicted molar refractivity (Wildman–Crippen MR) is 130 cm³/mol. The van der Waals surface area contributed by atoms with Crippen molar-refractivity contribution in [1.82, 2.24) is 10.9 Å². The van der Waals surface area contributed by atoms with Crippen molar-refractivity contribution in [3.63, 3.8) is 0 Å². The number of hydrogen-bond acceptors (Lipinski definition) is 6. The summed E-state index contributed by atoms with van der Waals surface area (Å²) in [5.74, 6) is 0.456. The van der Waals surface area contributed by atoms with E-state index in [4.69, 9.17) is 9.47 Å². The van der Waals surface area contributed by atoms with Gasteiger partial charge >= 0.3 is 0 Å². The molecule has 0 fully saturated rings. The molecule has 2 aromatic carbocycles. The molecule has 2 amide bonds. The minimum Gasteiger partial charge on any atom is -0.493 e. The van der Waals surface area contributed by atoms with Crippen LogP contribution in [0.3, 0.4) is 0 Å². The average molecular weight is 490 g/mol. The molecule has 0 bridgehead atoms. The van der Waals surface area contributed by atoms with Crippen molar-refractivity contribution < 1.29 is 27.5 Å². The van der Waals surface area contributed by atoms with Crippen LogP contribution in [0.5, 0.6) is 11.5 Å². The summed E-state index contributed by atoms with van der Waals surface area (Å²) >= 11 is 0. The SMILES string of the molecule is COc1cc(C(=O)NNC(=O)c2ccc3c(c2)CCCN3S(C)(=O)=O)ccc1OCCC(C)C. The Morgan fingerprint density at radius 3 is 2.29 bits per heavy atom. The summed E-state index contributed by atoms with van der Waals surface area (Å²) in [6.07, 6.45) is 3.39. The van der Waals surface area contributed by atoms with Gasteiger partial charge in [-0.15, -0.1) is 0 Å². The van der Waals surface area contributed by atoms with Crippen molar-refractivity contribution in [2.75, 3.05) is 30.8 Å². The zero-order chi connectivity index (χ0) is 24.9. The van der Waals surface area contributed by atoms with Crippen LogP contribution in [0.25, 0.3) is 0 Å². The molecule has 9 nitrogen and oxygen atoms in total. The summed E-state index contributed by atoms with van der Waals surface area (Å²) in [6.45, 7) is 5.17. The van der Waals surface area contributed by atoms with Gasteiger partial charge in [0.15, 0.2) is 11.5 Å². The van der Waals surface area contributed by atoms with E-state index in [9.17, 15) is 18.0 Å². The van der Waals surface area contributed by atoms with Gasteiger partial charge in [-0.1, -0.05) is 13.8 Å². The molecule has 0 radical (unpaired) electrons. The van der Waals surface area contributed by atoms with Gasteiger partial charge in [-0.25, -0.2) is 8.42 Å². The van der Waals surface area contributed by atoms with Crippen molar-refractivity contribution in [2.45, 2.75) is 33.1 Å². The lowest BCUT2D eigenvalue weighted by Crippen LogP contribution is -2.41. The number of hydrazine groups is 1. The molecule has 0 unspecified atom stereocenters. The minimum absolute atomic E-state index is 0.294. The Morgan fingerprint density at radius 1 is 1.03 bits per heavy atom. The fraction of sp³-hybridized carbons (Fsp3) is 0.417. The highest BCUT2D eigenvalue weighted by molar-refractivity contribution is 7.92. The van der Waals surface area contributed by atoms with Gasteiger partial charge < -0.3 is 9.47 Å². The number of anilines is 1. The molecular weight excluding hydrogens is 458 g/mol. The lowest BCUT2D eigenvalue weighted by molar-refractivity contribution is 0.0846. The Labute approximate surface area is 200 Å². The van der Waals surface area contributed by atoms with E-state index in [-0.39, 0.29) is 0 Å². The third kappa shape index (κ3) is 6.19. The van der Waals surface area contributed by atoms with E-state index in [1.54, 1.807) is 30.3 Å². The van der Waals surface area contributed by atoms with Crippen LogP contribution in [0.2, 0.25) is 0 Å². The summed E-state index contributed by atoms with van der Waals surface area (Å²) in [4.78, 5) is 25.1. The number of methoxy groups -OCH3 is 1. The molecule has 1 aliphatic rings. The Kier molecular flexibility index (Phi) is 8.03. The molecule has 1 aliphatic heterocycles. The Morgan fingerprint density at radius 2 is 1.68 bits per heavy atom. The van der Waals surface area contributed by atoms with Gasteiger partial charge in [0.1, 0.15) is 0 Å². The van der Waals surface area contributed by atoms with E-state index in [1.165, 1.54) is 17.5 Å². The van der Waals surface area contributed by atoms with E-state index in [0.717, 1.165) is 18.2 Å². The largest absolute Gasteiger partial charge is 0.493 e. The first-order valence-corrected chi connectivity index (χ1v) is 13.0. The lowest BCUT2D eigenvalue weighted by atomic mass is 10.0. The summed E-state index contributed by atoms with van der Waals surface area (Å²) in [6, 6.07) is 9.61. The summed E-state index contributed by atoms with van der Waals surface area (Å²) < 4.78 is 36.4. The number of amides is 2. The molecule has 0 aliphatic carbocycles. The average Bonchev–Trinajstić information content (AvgIpc) is 2.80. The second kappa shape index (κ2) is 10.8. The van der Waals surface area contributed by atoms with Crippen LogP contribution in [-0.4, -0.2) is 46.7 Å². The fourth-order valence-corrected chi connectivity index (χ4v) is 4.64. The van der Waals surface area contributed by atoms with Crippen molar-refractivity contribution in [1.29, 1.82) is 0 Å². The number of aryl methyl sites for hydroxylation is 1. The molecule has 10 heteroatoms. The van der Waals surface area contributed by atoms with Crippen molar-refractivity contribution in [3.8, 4) is 11.5 Å². The van der Waals surface area contributed by atoms with Crippen molar-refractivity contribution >= 4 is 27.5 Å². The molecule has 184 valence electrons. The molecule has 0 aromatic heterocycles. The number of carbonyl (C=O) groups excluding carboxylic acids is 2. The Hall–Kier alpha value is -3.27. The zero-order valence-corrected chi connectivity index (χ0v) is 20.7. The van der Waals surface area contributed by atoms with Gasteiger partial charge in [-0.3, -0.25) is 24.7 Å². The highest BCUT2D eigenvalue weighted by Crippen LogP contribution is 2.30. The minimum atomic E-state index is -3.39. The topological polar surface area (TPSA) is 114 Å². The number of benzene rings is 2. The second-order valence-corrected chi connectivity index (χ2v) is 10.5. The Balaban J connectivity index is 1.64. The molecule has 34 heavy (non-hydrogen) atoms. The number of hydrogen-bond donors (Lipinski definition) is 2. The van der Waals surface area contributed by atoms with Gasteiger partial charge in [0.25, 0.3) is 11.8 Å². The maximum atomic E-state index is 12.6. The quantitative estimate of drug-likeness (QED) is 0.551.